The first-order chi connectivity index (χ1) is 16.4. The highest BCUT2D eigenvalue weighted by Crippen LogP contribution is 2.24. The van der Waals surface area contributed by atoms with Crippen LogP contribution >= 0.6 is 11.8 Å². The van der Waals surface area contributed by atoms with Crippen LogP contribution in [0.1, 0.15) is 15.9 Å². The summed E-state index contributed by atoms with van der Waals surface area (Å²) in [6.07, 6.45) is 3.37. The molecule has 0 saturated carbocycles. The highest BCUT2D eigenvalue weighted by atomic mass is 32.2. The van der Waals surface area contributed by atoms with Gasteiger partial charge in [-0.3, -0.25) is 14.6 Å². The van der Waals surface area contributed by atoms with Crippen LogP contribution in [0.15, 0.2) is 72.1 Å². The Morgan fingerprint density at radius 1 is 1.03 bits per heavy atom. The Morgan fingerprint density at radius 2 is 1.82 bits per heavy atom. The molecule has 34 heavy (non-hydrogen) atoms. The van der Waals surface area contributed by atoms with E-state index < -0.39 is 11.7 Å². The van der Waals surface area contributed by atoms with Gasteiger partial charge < -0.3 is 15.2 Å². The Bertz CT molecular complexity index is 1340. The van der Waals surface area contributed by atoms with Gasteiger partial charge in [0.15, 0.2) is 11.0 Å². The summed E-state index contributed by atoms with van der Waals surface area (Å²) < 4.78 is 15.2. The number of pyridine rings is 1. The number of halogens is 1. The second-order valence-corrected chi connectivity index (χ2v) is 8.37. The monoisotopic (exact) mass is 476 g/mol. The van der Waals surface area contributed by atoms with Crippen LogP contribution in [0.2, 0.25) is 0 Å². The SMILES string of the molecule is Cc1cc(NC(=O)c2cccc(F)c2)ccc1NC(=O)CSc1nnc(-c2ccncc2)n1C. The van der Waals surface area contributed by atoms with Gasteiger partial charge in [0.1, 0.15) is 5.82 Å². The number of hydrogen-bond donors (Lipinski definition) is 2. The minimum absolute atomic E-state index is 0.153. The largest absolute Gasteiger partial charge is 0.325 e. The van der Waals surface area contributed by atoms with Crippen LogP contribution in [0.5, 0.6) is 0 Å². The van der Waals surface area contributed by atoms with Crippen molar-refractivity contribution in [3.05, 3.63) is 83.9 Å². The fourth-order valence-electron chi connectivity index (χ4n) is 3.22. The number of rotatable bonds is 7. The Kier molecular flexibility index (Phi) is 6.98. The maximum atomic E-state index is 13.3. The molecule has 0 radical (unpaired) electrons. The quantitative estimate of drug-likeness (QED) is 0.386. The molecule has 2 heterocycles. The molecule has 10 heteroatoms. The van der Waals surface area contributed by atoms with Gasteiger partial charge in [-0.1, -0.05) is 17.8 Å². The summed E-state index contributed by atoms with van der Waals surface area (Å²) in [5, 5.41) is 14.6. The number of aromatic nitrogens is 4. The van der Waals surface area contributed by atoms with Crippen LogP contribution in [-0.4, -0.2) is 37.3 Å². The molecule has 2 N–H and O–H groups in total. The van der Waals surface area contributed by atoms with E-state index in [-0.39, 0.29) is 17.2 Å². The lowest BCUT2D eigenvalue weighted by molar-refractivity contribution is -0.113. The predicted molar refractivity (Wildman–Crippen MR) is 129 cm³/mol. The van der Waals surface area contributed by atoms with Crippen LogP contribution < -0.4 is 10.6 Å². The molecule has 0 saturated heterocycles. The van der Waals surface area contributed by atoms with Crippen molar-refractivity contribution < 1.29 is 14.0 Å². The van der Waals surface area contributed by atoms with E-state index in [2.05, 4.69) is 25.8 Å². The van der Waals surface area contributed by atoms with Crippen LogP contribution in [0.4, 0.5) is 15.8 Å². The molecule has 0 bridgehead atoms. The molecule has 0 unspecified atom stereocenters. The Balaban J connectivity index is 1.35. The normalized spacial score (nSPS) is 10.7. The van der Waals surface area contributed by atoms with Crippen LogP contribution in [0.3, 0.4) is 0 Å². The van der Waals surface area contributed by atoms with Crippen molar-refractivity contribution in [2.75, 3.05) is 16.4 Å². The average molecular weight is 477 g/mol. The fourth-order valence-corrected chi connectivity index (χ4v) is 3.94. The molecule has 8 nitrogen and oxygen atoms in total. The molecule has 2 amide bonds. The van der Waals surface area contributed by atoms with E-state index in [9.17, 15) is 14.0 Å². The third-order valence-electron chi connectivity index (χ3n) is 4.95. The number of carbonyl (C=O) groups excluding carboxylic acids is 2. The lowest BCUT2D eigenvalue weighted by Crippen LogP contribution is -2.16. The Hall–Kier alpha value is -4.05. The van der Waals surface area contributed by atoms with Crippen LogP contribution in [0, 0.1) is 12.7 Å². The number of amides is 2. The third kappa shape index (κ3) is 5.46. The average Bonchev–Trinajstić information content (AvgIpc) is 3.20. The first-order valence-corrected chi connectivity index (χ1v) is 11.3. The zero-order valence-corrected chi connectivity index (χ0v) is 19.3. The summed E-state index contributed by atoms with van der Waals surface area (Å²) in [4.78, 5) is 28.8. The molecule has 0 atom stereocenters. The summed E-state index contributed by atoms with van der Waals surface area (Å²) >= 11 is 1.28. The van der Waals surface area contributed by atoms with Crippen molar-refractivity contribution in [1.29, 1.82) is 0 Å². The molecule has 172 valence electrons. The van der Waals surface area contributed by atoms with Crippen molar-refractivity contribution in [2.45, 2.75) is 12.1 Å². The van der Waals surface area contributed by atoms with Crippen molar-refractivity contribution in [3.63, 3.8) is 0 Å². The standard InChI is InChI=1S/C24H21FN6O2S/c1-15-12-19(27-23(33)17-4-3-5-18(25)13-17)6-7-20(15)28-21(32)14-34-24-30-29-22(31(24)2)16-8-10-26-11-9-16/h3-13H,14H2,1-2H3,(H,27,33)(H,28,32). The molecule has 0 fully saturated rings. The smallest absolute Gasteiger partial charge is 0.255 e. The number of nitrogens with zero attached hydrogens (tertiary/aromatic N) is 4. The van der Waals surface area contributed by atoms with E-state index in [1.807, 2.05) is 30.7 Å². The van der Waals surface area contributed by atoms with E-state index in [0.717, 1.165) is 11.1 Å². The van der Waals surface area contributed by atoms with Crippen molar-refractivity contribution in [1.82, 2.24) is 19.7 Å². The first-order valence-electron chi connectivity index (χ1n) is 10.3. The van der Waals surface area contributed by atoms with Gasteiger partial charge in [0, 0.05) is 41.9 Å². The molecule has 4 aromatic rings. The van der Waals surface area contributed by atoms with Gasteiger partial charge in [0.25, 0.3) is 5.91 Å². The van der Waals surface area contributed by atoms with Gasteiger partial charge in [0.05, 0.1) is 5.75 Å². The van der Waals surface area contributed by atoms with Gasteiger partial charge in [-0.15, -0.1) is 10.2 Å². The fraction of sp³-hybridized carbons (Fsp3) is 0.125. The molecular weight excluding hydrogens is 455 g/mol. The maximum absolute atomic E-state index is 13.3. The molecule has 0 spiro atoms. The second-order valence-electron chi connectivity index (χ2n) is 7.43. The van der Waals surface area contributed by atoms with Gasteiger partial charge in [-0.25, -0.2) is 4.39 Å². The number of carbonyl (C=O) groups is 2. The summed E-state index contributed by atoms with van der Waals surface area (Å²) in [6, 6.07) is 14.3. The molecule has 0 aliphatic carbocycles. The van der Waals surface area contributed by atoms with Crippen LogP contribution in [-0.2, 0) is 11.8 Å². The predicted octanol–water partition coefficient (Wildman–Crippen LogP) is 4.31. The van der Waals surface area contributed by atoms with Gasteiger partial charge in [0.2, 0.25) is 5.91 Å². The second kappa shape index (κ2) is 10.3. The summed E-state index contributed by atoms with van der Waals surface area (Å²) in [5.41, 5.74) is 3.06. The van der Waals surface area contributed by atoms with E-state index >= 15 is 0 Å². The number of benzene rings is 2. The first kappa shape index (κ1) is 23.1. The number of anilines is 2. The molecule has 2 aromatic carbocycles. The highest BCUT2D eigenvalue weighted by molar-refractivity contribution is 7.99. The van der Waals surface area contributed by atoms with Gasteiger partial charge in [-0.05, 0) is 61.0 Å². The molecular formula is C24H21FN6O2S. The Labute approximate surface area is 199 Å². The van der Waals surface area contributed by atoms with Crippen molar-refractivity contribution >= 4 is 35.0 Å². The zero-order chi connectivity index (χ0) is 24.1. The van der Waals surface area contributed by atoms with E-state index in [0.29, 0.717) is 22.4 Å². The van der Waals surface area contributed by atoms with Gasteiger partial charge in [-0.2, -0.15) is 0 Å². The summed E-state index contributed by atoms with van der Waals surface area (Å²) in [7, 11) is 1.84. The van der Waals surface area contributed by atoms with E-state index in [4.69, 9.17) is 0 Å². The lowest BCUT2D eigenvalue weighted by atomic mass is 10.1. The molecule has 0 aliphatic rings. The minimum atomic E-state index is -0.477. The minimum Gasteiger partial charge on any atom is -0.325 e. The summed E-state index contributed by atoms with van der Waals surface area (Å²) in [6.45, 7) is 1.82. The Morgan fingerprint density at radius 3 is 2.56 bits per heavy atom. The summed E-state index contributed by atoms with van der Waals surface area (Å²) in [5.74, 6) is -0.244. The van der Waals surface area contributed by atoms with Crippen LogP contribution in [0.25, 0.3) is 11.4 Å². The molecule has 4 rings (SSSR count). The highest BCUT2D eigenvalue weighted by Gasteiger charge is 2.14. The molecule has 0 aliphatic heterocycles. The van der Waals surface area contributed by atoms with E-state index in [1.165, 1.54) is 36.0 Å². The van der Waals surface area contributed by atoms with Crippen molar-refractivity contribution in [2.24, 2.45) is 7.05 Å². The van der Waals surface area contributed by atoms with Gasteiger partial charge >= 0.3 is 0 Å². The number of thioether (sulfide) groups is 1. The lowest BCUT2D eigenvalue weighted by Gasteiger charge is -2.11. The number of hydrogen-bond acceptors (Lipinski definition) is 6. The topological polar surface area (TPSA) is 102 Å². The number of nitrogens with one attached hydrogen (secondary N) is 2. The van der Waals surface area contributed by atoms with E-state index in [1.54, 1.807) is 30.6 Å². The maximum Gasteiger partial charge on any atom is 0.255 e. The zero-order valence-electron chi connectivity index (χ0n) is 18.4. The molecule has 2 aromatic heterocycles. The number of aryl methyl sites for hydroxylation is 1. The van der Waals surface area contributed by atoms with Crippen molar-refractivity contribution in [3.8, 4) is 11.4 Å². The third-order valence-corrected chi connectivity index (χ3v) is 5.97.